The first-order valence-electron chi connectivity index (χ1n) is 6.79. The Labute approximate surface area is 115 Å². The normalized spacial score (nSPS) is 10.4. The number of unbranched alkanes of at least 4 members (excludes halogenated alkanes) is 1. The minimum Gasteiger partial charge on any atom is -0.370 e. The van der Waals surface area contributed by atoms with E-state index in [9.17, 15) is 4.79 Å². The number of hydrogen-bond donors (Lipinski definition) is 1. The number of nitrogens with two attached hydrogens (primary N) is 1. The summed E-state index contributed by atoms with van der Waals surface area (Å²) in [7, 11) is 1.82. The summed E-state index contributed by atoms with van der Waals surface area (Å²) in [5, 5.41) is 0. The quantitative estimate of drug-likeness (QED) is 0.687. The van der Waals surface area contributed by atoms with Crippen LogP contribution in [-0.4, -0.2) is 44.2 Å². The fourth-order valence-electron chi connectivity index (χ4n) is 1.80. The summed E-state index contributed by atoms with van der Waals surface area (Å²) in [4.78, 5) is 13.4. The van der Waals surface area contributed by atoms with Crippen LogP contribution in [0.3, 0.4) is 0 Å². The Morgan fingerprint density at radius 1 is 1.26 bits per heavy atom. The monoisotopic (exact) mass is 264 g/mol. The van der Waals surface area contributed by atoms with Gasteiger partial charge in [0.25, 0.3) is 0 Å². The third-order valence-corrected chi connectivity index (χ3v) is 2.97. The Morgan fingerprint density at radius 2 is 2.00 bits per heavy atom. The molecule has 0 atom stereocenters. The molecule has 4 nitrogen and oxygen atoms in total. The average molecular weight is 264 g/mol. The maximum absolute atomic E-state index is 11.6. The minimum atomic E-state index is 0.0214. The van der Waals surface area contributed by atoms with E-state index in [4.69, 9.17) is 10.5 Å². The second-order valence-corrected chi connectivity index (χ2v) is 4.60. The molecular weight excluding hydrogens is 240 g/mol. The van der Waals surface area contributed by atoms with Crippen molar-refractivity contribution in [3.63, 3.8) is 0 Å². The van der Waals surface area contributed by atoms with Crippen molar-refractivity contribution < 1.29 is 9.53 Å². The highest BCUT2D eigenvalue weighted by molar-refractivity contribution is 5.77. The molecule has 0 saturated heterocycles. The SMILES string of the molecule is CN(CCCCc1ccccc1)C(=O)COCCN. The zero-order valence-corrected chi connectivity index (χ0v) is 11.7. The van der Waals surface area contributed by atoms with Crippen LogP contribution in [0, 0.1) is 0 Å². The smallest absolute Gasteiger partial charge is 0.248 e. The van der Waals surface area contributed by atoms with Gasteiger partial charge in [-0.3, -0.25) is 4.79 Å². The molecule has 2 N–H and O–H groups in total. The van der Waals surface area contributed by atoms with Gasteiger partial charge in [0.05, 0.1) is 6.61 Å². The number of carbonyl (C=O) groups excluding carboxylic acids is 1. The second kappa shape index (κ2) is 9.53. The van der Waals surface area contributed by atoms with E-state index < -0.39 is 0 Å². The number of aryl methyl sites for hydroxylation is 1. The van der Waals surface area contributed by atoms with E-state index in [2.05, 4.69) is 24.3 Å². The molecule has 0 heterocycles. The van der Waals surface area contributed by atoms with E-state index in [1.54, 1.807) is 4.90 Å². The fourth-order valence-corrected chi connectivity index (χ4v) is 1.80. The van der Waals surface area contributed by atoms with Crippen LogP contribution in [0.25, 0.3) is 0 Å². The zero-order valence-electron chi connectivity index (χ0n) is 11.7. The van der Waals surface area contributed by atoms with Crippen LogP contribution in [-0.2, 0) is 16.0 Å². The van der Waals surface area contributed by atoms with Crippen molar-refractivity contribution in [3.8, 4) is 0 Å². The van der Waals surface area contributed by atoms with Crippen molar-refractivity contribution in [1.29, 1.82) is 0 Å². The van der Waals surface area contributed by atoms with Crippen LogP contribution in [0.15, 0.2) is 30.3 Å². The zero-order chi connectivity index (χ0) is 13.9. The highest BCUT2D eigenvalue weighted by atomic mass is 16.5. The highest BCUT2D eigenvalue weighted by Crippen LogP contribution is 2.05. The lowest BCUT2D eigenvalue weighted by atomic mass is 10.1. The predicted octanol–water partition coefficient (Wildman–Crippen LogP) is 1.44. The number of likely N-dealkylation sites (N-methyl/N-ethyl adjacent to an activating group) is 1. The molecule has 0 unspecified atom stereocenters. The van der Waals surface area contributed by atoms with Crippen molar-refractivity contribution in [2.45, 2.75) is 19.3 Å². The van der Waals surface area contributed by atoms with Gasteiger partial charge >= 0.3 is 0 Å². The molecule has 0 spiro atoms. The third kappa shape index (κ3) is 6.94. The molecule has 1 aromatic rings. The maximum Gasteiger partial charge on any atom is 0.248 e. The third-order valence-electron chi connectivity index (χ3n) is 2.97. The summed E-state index contributed by atoms with van der Waals surface area (Å²) >= 11 is 0. The lowest BCUT2D eigenvalue weighted by molar-refractivity contribution is -0.134. The van der Waals surface area contributed by atoms with Gasteiger partial charge in [0.15, 0.2) is 0 Å². The number of benzene rings is 1. The number of amides is 1. The molecule has 0 aliphatic rings. The minimum absolute atomic E-state index is 0.0214. The summed E-state index contributed by atoms with van der Waals surface area (Å²) in [5.74, 6) is 0.0214. The molecule has 0 saturated carbocycles. The summed E-state index contributed by atoms with van der Waals surface area (Å²) in [6.45, 7) is 1.80. The molecule has 0 bridgehead atoms. The Hall–Kier alpha value is -1.39. The van der Waals surface area contributed by atoms with Gasteiger partial charge in [-0.1, -0.05) is 30.3 Å². The van der Waals surface area contributed by atoms with E-state index in [0.717, 1.165) is 25.8 Å². The summed E-state index contributed by atoms with van der Waals surface area (Å²) in [6, 6.07) is 10.4. The van der Waals surface area contributed by atoms with Gasteiger partial charge in [0.1, 0.15) is 6.61 Å². The van der Waals surface area contributed by atoms with Crippen LogP contribution >= 0.6 is 0 Å². The lowest BCUT2D eigenvalue weighted by Crippen LogP contribution is -2.31. The number of rotatable bonds is 9. The van der Waals surface area contributed by atoms with Gasteiger partial charge in [0, 0.05) is 20.1 Å². The van der Waals surface area contributed by atoms with Gasteiger partial charge in [0.2, 0.25) is 5.91 Å². The van der Waals surface area contributed by atoms with Crippen LogP contribution < -0.4 is 5.73 Å². The molecule has 0 aliphatic heterocycles. The number of carbonyl (C=O) groups is 1. The lowest BCUT2D eigenvalue weighted by Gasteiger charge is -2.17. The summed E-state index contributed by atoms with van der Waals surface area (Å²) < 4.78 is 5.13. The maximum atomic E-state index is 11.6. The van der Waals surface area contributed by atoms with Crippen molar-refractivity contribution >= 4 is 5.91 Å². The van der Waals surface area contributed by atoms with Crippen LogP contribution in [0.1, 0.15) is 18.4 Å². The van der Waals surface area contributed by atoms with Crippen LogP contribution in [0.4, 0.5) is 0 Å². The van der Waals surface area contributed by atoms with Crippen molar-refractivity contribution in [2.75, 3.05) is 33.4 Å². The van der Waals surface area contributed by atoms with Gasteiger partial charge < -0.3 is 15.4 Å². The molecule has 4 heteroatoms. The molecular formula is C15H24N2O2. The number of ether oxygens (including phenoxy) is 1. The van der Waals surface area contributed by atoms with Crippen molar-refractivity contribution in [2.24, 2.45) is 5.73 Å². The molecule has 0 aliphatic carbocycles. The molecule has 0 fully saturated rings. The molecule has 1 amide bonds. The molecule has 19 heavy (non-hydrogen) atoms. The second-order valence-electron chi connectivity index (χ2n) is 4.60. The van der Waals surface area contributed by atoms with E-state index in [1.807, 2.05) is 13.1 Å². The first-order chi connectivity index (χ1) is 9.24. The molecule has 1 rings (SSSR count). The van der Waals surface area contributed by atoms with Crippen molar-refractivity contribution in [1.82, 2.24) is 4.90 Å². The topological polar surface area (TPSA) is 55.6 Å². The van der Waals surface area contributed by atoms with Crippen LogP contribution in [0.5, 0.6) is 0 Å². The average Bonchev–Trinajstić information content (AvgIpc) is 2.44. The fraction of sp³-hybridized carbons (Fsp3) is 0.533. The molecule has 106 valence electrons. The molecule has 0 aromatic heterocycles. The van der Waals surface area contributed by atoms with Gasteiger partial charge in [-0.2, -0.15) is 0 Å². The Balaban J connectivity index is 2.09. The Bertz CT molecular complexity index is 354. The first-order valence-corrected chi connectivity index (χ1v) is 6.79. The van der Waals surface area contributed by atoms with Gasteiger partial charge in [-0.05, 0) is 24.8 Å². The Morgan fingerprint density at radius 3 is 2.68 bits per heavy atom. The summed E-state index contributed by atoms with van der Waals surface area (Å²) in [6.07, 6.45) is 3.16. The molecule has 1 aromatic carbocycles. The Kier molecular flexibility index (Phi) is 7.86. The van der Waals surface area contributed by atoms with Crippen LogP contribution in [0.2, 0.25) is 0 Å². The summed E-state index contributed by atoms with van der Waals surface area (Å²) in [5.41, 5.74) is 6.64. The number of nitrogens with zero attached hydrogens (tertiary/aromatic N) is 1. The predicted molar refractivity (Wildman–Crippen MR) is 76.9 cm³/mol. The highest BCUT2D eigenvalue weighted by Gasteiger charge is 2.07. The van der Waals surface area contributed by atoms with E-state index in [1.165, 1.54) is 5.56 Å². The number of hydrogen-bond acceptors (Lipinski definition) is 3. The van der Waals surface area contributed by atoms with E-state index >= 15 is 0 Å². The van der Waals surface area contributed by atoms with E-state index in [0.29, 0.717) is 13.2 Å². The van der Waals surface area contributed by atoms with E-state index in [-0.39, 0.29) is 12.5 Å². The standard InChI is InChI=1S/C15H24N2O2/c1-17(15(18)13-19-12-10-16)11-6-5-9-14-7-3-2-4-8-14/h2-4,7-8H,5-6,9-13,16H2,1H3. The van der Waals surface area contributed by atoms with Crippen molar-refractivity contribution in [3.05, 3.63) is 35.9 Å². The largest absolute Gasteiger partial charge is 0.370 e. The van der Waals surface area contributed by atoms with Gasteiger partial charge in [-0.25, -0.2) is 0 Å². The molecule has 0 radical (unpaired) electrons. The first kappa shape index (κ1) is 15.7. The van der Waals surface area contributed by atoms with Gasteiger partial charge in [-0.15, -0.1) is 0 Å².